The van der Waals surface area contributed by atoms with E-state index in [0.717, 1.165) is 10.8 Å². The van der Waals surface area contributed by atoms with Gasteiger partial charge >= 0.3 is 0 Å². The van der Waals surface area contributed by atoms with Crippen LogP contribution in [0.3, 0.4) is 0 Å². The molecule has 0 aliphatic rings. The van der Waals surface area contributed by atoms with Gasteiger partial charge < -0.3 is 5.48 Å². The normalized spacial score (nSPS) is 9.23. The maximum atomic E-state index is 10.5. The maximum absolute atomic E-state index is 10.5. The minimum absolute atomic E-state index is 0. The van der Waals surface area contributed by atoms with Gasteiger partial charge in [0.2, 0.25) is 0 Å². The van der Waals surface area contributed by atoms with E-state index in [0.29, 0.717) is 5.69 Å². The Balaban J connectivity index is 0.000000845. The molecular weight excluding hydrogens is 166 g/mol. The Kier molecular flexibility index (Phi) is 2.72. The van der Waals surface area contributed by atoms with Crippen molar-refractivity contribution < 1.29 is 10.7 Å². The van der Waals surface area contributed by atoms with Gasteiger partial charge in [0.1, 0.15) is 0 Å². The van der Waals surface area contributed by atoms with Crippen LogP contribution >= 0.6 is 0 Å². The summed E-state index contributed by atoms with van der Waals surface area (Å²) in [7, 11) is 0. The molecule has 2 aromatic rings. The first-order chi connectivity index (χ1) is 5.92. The molecule has 0 aliphatic heterocycles. The number of nitrogens with one attached hydrogen (secondary N) is 1. The first-order valence-electron chi connectivity index (χ1n) is 3.78. The van der Waals surface area contributed by atoms with Gasteiger partial charge in [-0.15, -0.1) is 0 Å². The van der Waals surface area contributed by atoms with Crippen LogP contribution < -0.4 is 5.18 Å². The third kappa shape index (κ3) is 1.55. The van der Waals surface area contributed by atoms with Crippen molar-refractivity contribution in [2.75, 3.05) is 0 Å². The lowest BCUT2D eigenvalue weighted by atomic mass is 10.1. The van der Waals surface area contributed by atoms with Crippen LogP contribution in [0.5, 0.6) is 0 Å². The molecule has 0 aromatic heterocycles. The summed E-state index contributed by atoms with van der Waals surface area (Å²) in [5.41, 5.74) is 0.633. The van der Waals surface area contributed by atoms with Gasteiger partial charge in [-0.25, -0.2) is 0 Å². The van der Waals surface area contributed by atoms with E-state index in [1.807, 2.05) is 41.6 Å². The summed E-state index contributed by atoms with van der Waals surface area (Å²) >= 11 is 0. The molecule has 0 fully saturated rings. The Morgan fingerprint density at radius 3 is 2.38 bits per heavy atom. The van der Waals surface area contributed by atoms with Crippen LogP contribution in [-0.4, -0.2) is 5.48 Å². The monoisotopic (exact) mass is 175 g/mol. The number of rotatable bonds is 1. The lowest BCUT2D eigenvalue weighted by molar-refractivity contribution is -0.377. The summed E-state index contributed by atoms with van der Waals surface area (Å²) in [4.78, 5) is 10.5. The van der Waals surface area contributed by atoms with Crippen molar-refractivity contribution in [2.24, 2.45) is 0 Å². The number of nitroso groups, excluding NO2 is 1. The molecule has 0 saturated carbocycles. The van der Waals surface area contributed by atoms with Crippen LogP contribution in [0.25, 0.3) is 10.8 Å². The minimum Gasteiger partial charge on any atom is -0.870 e. The van der Waals surface area contributed by atoms with Crippen molar-refractivity contribution >= 4 is 16.5 Å². The summed E-state index contributed by atoms with van der Waals surface area (Å²) in [6.45, 7) is 0. The fraction of sp³-hybridized carbons (Fsp3) is 0. The summed E-state index contributed by atoms with van der Waals surface area (Å²) in [6.07, 6.45) is 0. The SMILES string of the molecule is O=[NH+]c1cccc2ccccc12.[OH-]. The van der Waals surface area contributed by atoms with Crippen LogP contribution in [0.15, 0.2) is 42.5 Å². The van der Waals surface area contributed by atoms with E-state index < -0.39 is 0 Å². The second kappa shape index (κ2) is 3.78. The van der Waals surface area contributed by atoms with Gasteiger partial charge in [0.15, 0.2) is 0 Å². The van der Waals surface area contributed by atoms with Gasteiger partial charge in [0.25, 0.3) is 5.69 Å². The highest BCUT2D eigenvalue weighted by Gasteiger charge is 2.03. The van der Waals surface area contributed by atoms with Gasteiger partial charge in [0, 0.05) is 16.2 Å². The van der Waals surface area contributed by atoms with Crippen LogP contribution in [0.1, 0.15) is 0 Å². The molecule has 0 amide bonds. The Morgan fingerprint density at radius 2 is 1.62 bits per heavy atom. The van der Waals surface area contributed by atoms with Gasteiger partial charge in [0.05, 0.1) is 5.39 Å². The van der Waals surface area contributed by atoms with Gasteiger partial charge in [-0.1, -0.05) is 30.3 Å². The molecule has 66 valence electrons. The number of fused-ring (bicyclic) bond motifs is 1. The third-order valence-corrected chi connectivity index (χ3v) is 1.90. The number of hydrogen-bond acceptors (Lipinski definition) is 2. The summed E-state index contributed by atoms with van der Waals surface area (Å²) in [5, 5.41) is 3.97. The molecule has 0 spiro atoms. The summed E-state index contributed by atoms with van der Waals surface area (Å²) in [6, 6.07) is 13.4. The lowest BCUT2D eigenvalue weighted by Gasteiger charge is -1.93. The molecule has 0 aliphatic carbocycles. The molecule has 13 heavy (non-hydrogen) atoms. The fourth-order valence-electron chi connectivity index (χ4n) is 1.31. The van der Waals surface area contributed by atoms with Crippen molar-refractivity contribution in [3.63, 3.8) is 0 Å². The second-order valence-electron chi connectivity index (χ2n) is 2.63. The predicted molar refractivity (Wildman–Crippen MR) is 49.9 cm³/mol. The van der Waals surface area contributed by atoms with E-state index in [9.17, 15) is 4.91 Å². The molecule has 3 heteroatoms. The summed E-state index contributed by atoms with van der Waals surface area (Å²) < 4.78 is 0. The fourth-order valence-corrected chi connectivity index (χ4v) is 1.31. The standard InChI is InChI=1S/C10H7NO.H2O/c12-11-10-7-3-5-8-4-1-2-6-9(8)10;/h1-7H;1H2. The van der Waals surface area contributed by atoms with Crippen molar-refractivity contribution in [2.45, 2.75) is 0 Å². The molecule has 0 bridgehead atoms. The van der Waals surface area contributed by atoms with E-state index >= 15 is 0 Å². The first-order valence-corrected chi connectivity index (χ1v) is 3.78. The molecule has 0 saturated heterocycles. The zero-order valence-corrected chi connectivity index (χ0v) is 6.90. The smallest absolute Gasteiger partial charge is 0.261 e. The summed E-state index contributed by atoms with van der Waals surface area (Å²) in [5.74, 6) is 0. The minimum atomic E-state index is 0. The van der Waals surface area contributed by atoms with E-state index in [1.165, 1.54) is 0 Å². The molecular formula is C10H9NO2. The quantitative estimate of drug-likeness (QED) is 0.706. The molecule has 2 aromatic carbocycles. The van der Waals surface area contributed by atoms with Crippen molar-refractivity contribution in [3.05, 3.63) is 47.4 Å². The topological polar surface area (TPSA) is 61.0 Å². The van der Waals surface area contributed by atoms with Gasteiger partial charge in [-0.2, -0.15) is 0 Å². The highest BCUT2D eigenvalue weighted by atomic mass is 16.3. The van der Waals surface area contributed by atoms with Crippen molar-refractivity contribution in [1.29, 1.82) is 0 Å². The Hall–Kier alpha value is -1.74. The first kappa shape index (κ1) is 9.35. The zero-order chi connectivity index (χ0) is 8.39. The Morgan fingerprint density at radius 1 is 0.923 bits per heavy atom. The van der Waals surface area contributed by atoms with E-state index in [4.69, 9.17) is 0 Å². The molecule has 0 unspecified atom stereocenters. The molecule has 3 nitrogen and oxygen atoms in total. The predicted octanol–water partition coefficient (Wildman–Crippen LogP) is 1.14. The average Bonchev–Trinajstić information content (AvgIpc) is 2.17. The molecule has 2 N–H and O–H groups in total. The third-order valence-electron chi connectivity index (χ3n) is 1.90. The molecule has 0 radical (unpaired) electrons. The lowest BCUT2D eigenvalue weighted by Crippen LogP contribution is -2.55. The van der Waals surface area contributed by atoms with Crippen LogP contribution in [0.2, 0.25) is 0 Å². The highest BCUT2D eigenvalue weighted by molar-refractivity contribution is 5.90. The number of benzene rings is 2. The van der Waals surface area contributed by atoms with Gasteiger partial charge in [-0.3, -0.25) is 0 Å². The largest absolute Gasteiger partial charge is 0.870 e. The van der Waals surface area contributed by atoms with Crippen LogP contribution in [-0.2, 0) is 0 Å². The van der Waals surface area contributed by atoms with Gasteiger partial charge in [-0.05, 0) is 11.5 Å². The Bertz CT molecular complexity index is 421. The van der Waals surface area contributed by atoms with Crippen molar-refractivity contribution in [1.82, 2.24) is 0 Å². The second-order valence-corrected chi connectivity index (χ2v) is 2.63. The highest BCUT2D eigenvalue weighted by Crippen LogP contribution is 2.18. The maximum Gasteiger partial charge on any atom is 0.261 e. The van der Waals surface area contributed by atoms with E-state index in [2.05, 4.69) is 0 Å². The van der Waals surface area contributed by atoms with Crippen LogP contribution in [0.4, 0.5) is 5.69 Å². The molecule has 0 atom stereocenters. The Labute approximate surface area is 75.3 Å². The zero-order valence-electron chi connectivity index (χ0n) is 6.90. The average molecular weight is 175 g/mol. The molecule has 0 heterocycles. The molecule has 2 rings (SSSR count). The van der Waals surface area contributed by atoms with Crippen molar-refractivity contribution in [3.8, 4) is 0 Å². The van der Waals surface area contributed by atoms with E-state index in [1.54, 1.807) is 6.07 Å². The number of hydrogen-bond donors (Lipinski definition) is 1. The van der Waals surface area contributed by atoms with Crippen LogP contribution in [0, 0.1) is 4.91 Å². The van der Waals surface area contributed by atoms with E-state index in [-0.39, 0.29) is 5.48 Å².